The van der Waals surface area contributed by atoms with Crippen molar-refractivity contribution in [2.75, 3.05) is 32.8 Å². The zero-order chi connectivity index (χ0) is 18.7. The van der Waals surface area contributed by atoms with E-state index in [1.165, 1.54) is 18.4 Å². The molecule has 2 aliphatic heterocycles. The number of likely N-dealkylation sites (tertiary alicyclic amines) is 2. The van der Waals surface area contributed by atoms with Crippen molar-refractivity contribution in [2.45, 2.75) is 45.2 Å². The van der Waals surface area contributed by atoms with Crippen molar-refractivity contribution in [2.24, 2.45) is 5.41 Å². The number of hydrogen-bond acceptors (Lipinski definition) is 7. The summed E-state index contributed by atoms with van der Waals surface area (Å²) in [4.78, 5) is 9.24. The molecular weight excluding hydrogens is 342 g/mol. The Morgan fingerprint density at radius 2 is 2.15 bits per heavy atom. The van der Waals surface area contributed by atoms with Crippen LogP contribution in [0.2, 0.25) is 0 Å². The van der Waals surface area contributed by atoms with E-state index in [0.29, 0.717) is 11.3 Å². The third-order valence-corrected chi connectivity index (χ3v) is 6.09. The Kier molecular flexibility index (Phi) is 5.52. The standard InChI is InChI=1S/C20H29N5O2/c1-16-22-23-19(27-16)18-12-20(5-9-24(10-6-20)8-3-11-26)15-25(18)14-17-4-2-7-21-13-17/h2,4,7,13,18,26H,3,5-6,8-12,14-15H2,1H3. The van der Waals surface area contributed by atoms with Gasteiger partial charge in [0.15, 0.2) is 0 Å². The van der Waals surface area contributed by atoms with Gasteiger partial charge in [-0.1, -0.05) is 6.07 Å². The van der Waals surface area contributed by atoms with Crippen molar-refractivity contribution in [3.8, 4) is 0 Å². The monoisotopic (exact) mass is 371 g/mol. The summed E-state index contributed by atoms with van der Waals surface area (Å²) in [7, 11) is 0. The molecule has 4 rings (SSSR count). The van der Waals surface area contributed by atoms with Crippen molar-refractivity contribution in [3.05, 3.63) is 41.9 Å². The first-order valence-electron chi connectivity index (χ1n) is 9.94. The summed E-state index contributed by atoms with van der Waals surface area (Å²) >= 11 is 0. The molecule has 2 aromatic rings. The minimum Gasteiger partial charge on any atom is -0.424 e. The molecule has 27 heavy (non-hydrogen) atoms. The van der Waals surface area contributed by atoms with Gasteiger partial charge in [0.05, 0.1) is 6.04 Å². The summed E-state index contributed by atoms with van der Waals surface area (Å²) in [5, 5.41) is 17.5. The Hall–Kier alpha value is -1.83. The van der Waals surface area contributed by atoms with Gasteiger partial charge in [-0.05, 0) is 55.8 Å². The lowest BCUT2D eigenvalue weighted by Crippen LogP contribution is -2.42. The topological polar surface area (TPSA) is 78.5 Å². The van der Waals surface area contributed by atoms with Gasteiger partial charge in [-0.15, -0.1) is 10.2 Å². The highest BCUT2D eigenvalue weighted by atomic mass is 16.4. The lowest BCUT2D eigenvalue weighted by molar-refractivity contribution is 0.101. The van der Waals surface area contributed by atoms with Crippen LogP contribution in [0.5, 0.6) is 0 Å². The van der Waals surface area contributed by atoms with Gasteiger partial charge in [0.2, 0.25) is 11.8 Å². The van der Waals surface area contributed by atoms with Crippen molar-refractivity contribution < 1.29 is 9.52 Å². The molecule has 1 N–H and O–H groups in total. The summed E-state index contributed by atoms with van der Waals surface area (Å²) in [6.45, 7) is 7.26. The fourth-order valence-corrected chi connectivity index (χ4v) is 4.63. The zero-order valence-corrected chi connectivity index (χ0v) is 16.0. The molecular formula is C20H29N5O2. The summed E-state index contributed by atoms with van der Waals surface area (Å²) in [6, 6.07) is 4.30. The third-order valence-electron chi connectivity index (χ3n) is 6.09. The first kappa shape index (κ1) is 18.5. The molecule has 0 amide bonds. The number of piperidine rings is 1. The van der Waals surface area contributed by atoms with Gasteiger partial charge in [-0.2, -0.15) is 0 Å². The van der Waals surface area contributed by atoms with Gasteiger partial charge in [0.25, 0.3) is 0 Å². The number of pyridine rings is 1. The number of aryl methyl sites for hydroxylation is 1. The first-order valence-corrected chi connectivity index (χ1v) is 9.94. The molecule has 2 fully saturated rings. The highest BCUT2D eigenvalue weighted by molar-refractivity contribution is 5.12. The Bertz CT molecular complexity index is 727. The summed E-state index contributed by atoms with van der Waals surface area (Å²) < 4.78 is 5.83. The van der Waals surface area contributed by atoms with E-state index in [1.807, 2.05) is 25.4 Å². The van der Waals surface area contributed by atoms with Crippen LogP contribution in [-0.4, -0.2) is 62.9 Å². The molecule has 2 aromatic heterocycles. The van der Waals surface area contributed by atoms with E-state index in [1.54, 1.807) is 0 Å². The average Bonchev–Trinajstić information content (AvgIpc) is 3.26. The van der Waals surface area contributed by atoms with Crippen molar-refractivity contribution in [1.82, 2.24) is 25.0 Å². The van der Waals surface area contributed by atoms with Gasteiger partial charge in [-0.3, -0.25) is 9.88 Å². The number of nitrogens with zero attached hydrogens (tertiary/aromatic N) is 5. The van der Waals surface area contributed by atoms with Crippen LogP contribution in [0.1, 0.15) is 49.1 Å². The summed E-state index contributed by atoms with van der Waals surface area (Å²) in [5.41, 5.74) is 1.53. The highest BCUT2D eigenvalue weighted by Gasteiger charge is 2.47. The van der Waals surface area contributed by atoms with Crippen LogP contribution in [0, 0.1) is 12.3 Å². The molecule has 7 heteroatoms. The van der Waals surface area contributed by atoms with Gasteiger partial charge in [0, 0.05) is 45.6 Å². The number of rotatable bonds is 6. The van der Waals surface area contributed by atoms with E-state index in [9.17, 15) is 0 Å². The zero-order valence-electron chi connectivity index (χ0n) is 16.0. The van der Waals surface area contributed by atoms with E-state index >= 15 is 0 Å². The second kappa shape index (κ2) is 8.04. The van der Waals surface area contributed by atoms with Gasteiger partial charge >= 0.3 is 0 Å². The number of hydrogen-bond donors (Lipinski definition) is 1. The minimum atomic E-state index is 0.176. The van der Waals surface area contributed by atoms with Gasteiger partial charge in [0.1, 0.15) is 0 Å². The maximum absolute atomic E-state index is 9.08. The Balaban J connectivity index is 1.49. The summed E-state index contributed by atoms with van der Waals surface area (Å²) in [5.74, 6) is 1.38. The molecule has 0 aromatic carbocycles. The molecule has 4 heterocycles. The molecule has 0 radical (unpaired) electrons. The summed E-state index contributed by atoms with van der Waals surface area (Å²) in [6.07, 6.45) is 8.07. The van der Waals surface area contributed by atoms with Gasteiger partial charge < -0.3 is 14.4 Å². The second-order valence-electron chi connectivity index (χ2n) is 8.06. The first-order chi connectivity index (χ1) is 13.2. The molecule has 0 bridgehead atoms. The van der Waals surface area contributed by atoms with E-state index < -0.39 is 0 Å². The van der Waals surface area contributed by atoms with Crippen LogP contribution in [0.3, 0.4) is 0 Å². The van der Waals surface area contributed by atoms with E-state index in [0.717, 1.165) is 51.5 Å². The van der Waals surface area contributed by atoms with Crippen LogP contribution in [0.4, 0.5) is 0 Å². The van der Waals surface area contributed by atoms with Crippen LogP contribution in [0.15, 0.2) is 28.9 Å². The predicted molar refractivity (Wildman–Crippen MR) is 101 cm³/mol. The SMILES string of the molecule is Cc1nnc(C2CC3(CCN(CCCO)CC3)CN2Cc2cccnc2)o1. The quantitative estimate of drug-likeness (QED) is 0.834. The molecule has 1 atom stereocenters. The Morgan fingerprint density at radius 3 is 2.81 bits per heavy atom. The van der Waals surface area contributed by atoms with Crippen LogP contribution in [-0.2, 0) is 6.54 Å². The normalized spacial score (nSPS) is 23.3. The molecule has 146 valence electrons. The van der Waals surface area contributed by atoms with Crippen molar-refractivity contribution >= 4 is 0 Å². The van der Waals surface area contributed by atoms with E-state index in [-0.39, 0.29) is 12.6 Å². The fourth-order valence-electron chi connectivity index (χ4n) is 4.63. The average molecular weight is 371 g/mol. The molecule has 0 aliphatic carbocycles. The number of aromatic nitrogens is 3. The maximum atomic E-state index is 9.08. The lowest BCUT2D eigenvalue weighted by Gasteiger charge is -2.39. The fraction of sp³-hybridized carbons (Fsp3) is 0.650. The molecule has 2 saturated heterocycles. The maximum Gasteiger partial charge on any atom is 0.233 e. The van der Waals surface area contributed by atoms with Gasteiger partial charge in [-0.25, -0.2) is 0 Å². The highest BCUT2D eigenvalue weighted by Crippen LogP contribution is 2.49. The smallest absolute Gasteiger partial charge is 0.233 e. The Morgan fingerprint density at radius 1 is 1.30 bits per heavy atom. The predicted octanol–water partition coefficient (Wildman–Crippen LogP) is 2.18. The van der Waals surface area contributed by atoms with E-state index in [2.05, 4.69) is 31.0 Å². The minimum absolute atomic E-state index is 0.176. The molecule has 1 spiro atoms. The van der Waals surface area contributed by atoms with Crippen LogP contribution >= 0.6 is 0 Å². The van der Waals surface area contributed by atoms with Crippen molar-refractivity contribution in [1.29, 1.82) is 0 Å². The second-order valence-corrected chi connectivity index (χ2v) is 8.06. The number of aliphatic hydroxyl groups is 1. The lowest BCUT2D eigenvalue weighted by atomic mass is 9.76. The van der Waals surface area contributed by atoms with Crippen LogP contribution in [0.25, 0.3) is 0 Å². The molecule has 2 aliphatic rings. The largest absolute Gasteiger partial charge is 0.424 e. The molecule has 7 nitrogen and oxygen atoms in total. The number of aliphatic hydroxyl groups excluding tert-OH is 1. The van der Waals surface area contributed by atoms with Crippen molar-refractivity contribution in [3.63, 3.8) is 0 Å². The van der Waals surface area contributed by atoms with Crippen LogP contribution < -0.4 is 0 Å². The molecule has 1 unspecified atom stereocenters. The van der Waals surface area contributed by atoms with E-state index in [4.69, 9.17) is 9.52 Å². The Labute approximate surface area is 160 Å². The molecule has 0 saturated carbocycles. The third kappa shape index (κ3) is 4.20.